The zero-order chi connectivity index (χ0) is 19.9. The first-order valence-electron chi connectivity index (χ1n) is 10.7. The molecule has 1 aliphatic rings. The van der Waals surface area contributed by atoms with Crippen molar-refractivity contribution in [1.82, 2.24) is 9.80 Å². The first-order chi connectivity index (χ1) is 14.3. The number of hydrogen-bond acceptors (Lipinski definition) is 3. The Kier molecular flexibility index (Phi) is 6.60. The Hall–Kier alpha value is -2.62. The van der Waals surface area contributed by atoms with Gasteiger partial charge in [0.1, 0.15) is 0 Å². The van der Waals surface area contributed by atoms with Gasteiger partial charge in [-0.25, -0.2) is 0 Å². The fraction of sp³-hybridized carbons (Fsp3) is 0.308. The predicted molar refractivity (Wildman–Crippen MR) is 123 cm³/mol. The summed E-state index contributed by atoms with van der Waals surface area (Å²) >= 11 is 0. The van der Waals surface area contributed by atoms with Crippen molar-refractivity contribution in [3.8, 4) is 0 Å². The van der Waals surface area contributed by atoms with Gasteiger partial charge in [0.2, 0.25) is 0 Å². The molecule has 4 rings (SSSR count). The van der Waals surface area contributed by atoms with Gasteiger partial charge in [0.25, 0.3) is 0 Å². The Morgan fingerprint density at radius 3 is 1.72 bits per heavy atom. The van der Waals surface area contributed by atoms with Gasteiger partial charge in [-0.2, -0.15) is 0 Å². The average Bonchev–Trinajstić information content (AvgIpc) is 2.78. The third-order valence-corrected chi connectivity index (χ3v) is 5.76. The molecular weight excluding hydrogens is 354 g/mol. The highest BCUT2D eigenvalue weighted by atomic mass is 15.2. The number of hydrogen-bond donors (Lipinski definition) is 0. The van der Waals surface area contributed by atoms with Crippen molar-refractivity contribution >= 4 is 17.1 Å². The van der Waals surface area contributed by atoms with E-state index in [1.807, 2.05) is 0 Å². The minimum atomic E-state index is 1.14. The summed E-state index contributed by atoms with van der Waals surface area (Å²) in [6.45, 7) is 6.01. The molecule has 1 fully saturated rings. The van der Waals surface area contributed by atoms with Crippen molar-refractivity contribution in [2.45, 2.75) is 12.8 Å². The lowest BCUT2D eigenvalue weighted by atomic mass is 10.1. The third kappa shape index (κ3) is 5.26. The lowest BCUT2D eigenvalue weighted by molar-refractivity contribution is 0.153. The average molecular weight is 386 g/mol. The summed E-state index contributed by atoms with van der Waals surface area (Å²) in [5.74, 6) is 0. The zero-order valence-electron chi connectivity index (χ0n) is 17.4. The molecule has 3 aromatic carbocycles. The molecule has 0 atom stereocenters. The number of nitrogens with zero attached hydrogens (tertiary/aromatic N) is 3. The number of benzene rings is 3. The molecule has 0 bridgehead atoms. The quantitative estimate of drug-likeness (QED) is 0.544. The topological polar surface area (TPSA) is 9.72 Å². The van der Waals surface area contributed by atoms with E-state index in [1.54, 1.807) is 0 Å². The molecule has 0 amide bonds. The fourth-order valence-corrected chi connectivity index (χ4v) is 3.99. The number of likely N-dealkylation sites (N-methyl/N-ethyl adjacent to an activating group) is 1. The highest BCUT2D eigenvalue weighted by Crippen LogP contribution is 2.34. The van der Waals surface area contributed by atoms with Crippen molar-refractivity contribution in [3.63, 3.8) is 0 Å². The van der Waals surface area contributed by atoms with E-state index < -0.39 is 0 Å². The smallest absolute Gasteiger partial charge is 0.0461 e. The molecule has 0 N–H and O–H groups in total. The third-order valence-electron chi connectivity index (χ3n) is 5.76. The molecule has 1 saturated heterocycles. The van der Waals surface area contributed by atoms with Crippen LogP contribution >= 0.6 is 0 Å². The second-order valence-corrected chi connectivity index (χ2v) is 7.92. The van der Waals surface area contributed by atoms with Gasteiger partial charge >= 0.3 is 0 Å². The standard InChI is InChI=1S/C26H31N3/c1-27-19-21-28(22-20-27)18-8-9-23-14-16-26(17-15-23)29(24-10-4-2-5-11-24)25-12-6-3-7-13-25/h2-7,10-17H,8-9,18-22H2,1H3. The first kappa shape index (κ1) is 19.7. The molecule has 0 saturated carbocycles. The lowest BCUT2D eigenvalue weighted by Crippen LogP contribution is -2.44. The first-order valence-corrected chi connectivity index (χ1v) is 10.7. The zero-order valence-corrected chi connectivity index (χ0v) is 17.4. The summed E-state index contributed by atoms with van der Waals surface area (Å²) in [4.78, 5) is 7.33. The molecule has 150 valence electrons. The van der Waals surface area contributed by atoms with Crippen molar-refractivity contribution in [1.29, 1.82) is 0 Å². The maximum atomic E-state index is 2.60. The van der Waals surface area contributed by atoms with Crippen LogP contribution in [0.4, 0.5) is 17.1 Å². The fourth-order valence-electron chi connectivity index (χ4n) is 3.99. The monoisotopic (exact) mass is 385 g/mol. The lowest BCUT2D eigenvalue weighted by Gasteiger charge is -2.32. The van der Waals surface area contributed by atoms with E-state index in [2.05, 4.69) is 107 Å². The molecule has 1 heterocycles. The Balaban J connectivity index is 1.42. The van der Waals surface area contributed by atoms with Crippen molar-refractivity contribution in [3.05, 3.63) is 90.5 Å². The molecule has 0 unspecified atom stereocenters. The van der Waals surface area contributed by atoms with Crippen LogP contribution in [0.25, 0.3) is 0 Å². The number of para-hydroxylation sites is 2. The van der Waals surface area contributed by atoms with Gasteiger partial charge in [-0.05, 0) is 68.4 Å². The molecule has 3 aromatic rings. The van der Waals surface area contributed by atoms with E-state index in [9.17, 15) is 0 Å². The largest absolute Gasteiger partial charge is 0.311 e. The van der Waals surface area contributed by atoms with Gasteiger partial charge in [-0.1, -0.05) is 48.5 Å². The van der Waals surface area contributed by atoms with Crippen LogP contribution in [-0.4, -0.2) is 49.6 Å². The van der Waals surface area contributed by atoms with Crippen molar-refractivity contribution in [2.75, 3.05) is 44.7 Å². The van der Waals surface area contributed by atoms with E-state index in [1.165, 1.54) is 61.8 Å². The van der Waals surface area contributed by atoms with Gasteiger partial charge in [-0.3, -0.25) is 0 Å². The highest BCUT2D eigenvalue weighted by Gasteiger charge is 2.14. The van der Waals surface area contributed by atoms with E-state index >= 15 is 0 Å². The Labute approximate surface area is 175 Å². The van der Waals surface area contributed by atoms with Crippen LogP contribution in [0, 0.1) is 0 Å². The van der Waals surface area contributed by atoms with Gasteiger partial charge < -0.3 is 14.7 Å². The van der Waals surface area contributed by atoms with E-state index in [4.69, 9.17) is 0 Å². The normalized spacial score (nSPS) is 15.3. The molecule has 0 aromatic heterocycles. The molecule has 29 heavy (non-hydrogen) atoms. The Bertz CT molecular complexity index is 814. The van der Waals surface area contributed by atoms with Crippen LogP contribution in [0.5, 0.6) is 0 Å². The molecule has 0 aliphatic carbocycles. The summed E-state index contributed by atoms with van der Waals surface area (Å²) in [6.07, 6.45) is 2.37. The Morgan fingerprint density at radius 1 is 0.655 bits per heavy atom. The SMILES string of the molecule is CN1CCN(CCCc2ccc(N(c3ccccc3)c3ccccc3)cc2)CC1. The molecule has 3 nitrogen and oxygen atoms in total. The second kappa shape index (κ2) is 9.73. The van der Waals surface area contributed by atoms with Crippen molar-refractivity contribution in [2.24, 2.45) is 0 Å². The molecule has 0 radical (unpaired) electrons. The van der Waals surface area contributed by atoms with Crippen LogP contribution in [0.3, 0.4) is 0 Å². The molecule has 1 aliphatic heterocycles. The van der Waals surface area contributed by atoms with Crippen LogP contribution in [-0.2, 0) is 6.42 Å². The molecule has 0 spiro atoms. The summed E-state index contributed by atoms with van der Waals surface area (Å²) < 4.78 is 0. The number of piperazine rings is 1. The van der Waals surface area contributed by atoms with E-state index in [-0.39, 0.29) is 0 Å². The predicted octanol–water partition coefficient (Wildman–Crippen LogP) is 5.34. The van der Waals surface area contributed by atoms with Crippen molar-refractivity contribution < 1.29 is 0 Å². The number of aryl methyl sites for hydroxylation is 1. The minimum absolute atomic E-state index is 1.14. The van der Waals surface area contributed by atoms with E-state index in [0.29, 0.717) is 0 Å². The summed E-state index contributed by atoms with van der Waals surface area (Å²) in [7, 11) is 2.22. The second-order valence-electron chi connectivity index (χ2n) is 7.92. The van der Waals surface area contributed by atoms with Gasteiger partial charge in [-0.15, -0.1) is 0 Å². The van der Waals surface area contributed by atoms with Crippen LogP contribution in [0.1, 0.15) is 12.0 Å². The maximum absolute atomic E-state index is 2.60. The molecular formula is C26H31N3. The molecule has 3 heteroatoms. The van der Waals surface area contributed by atoms with Crippen LogP contribution in [0.15, 0.2) is 84.9 Å². The maximum Gasteiger partial charge on any atom is 0.0461 e. The summed E-state index contributed by atoms with van der Waals surface area (Å²) in [6, 6.07) is 30.3. The van der Waals surface area contributed by atoms with Gasteiger partial charge in [0, 0.05) is 43.2 Å². The summed E-state index contributed by atoms with van der Waals surface area (Å²) in [5, 5.41) is 0. The number of anilines is 3. The van der Waals surface area contributed by atoms with E-state index in [0.717, 1.165) is 6.42 Å². The number of rotatable bonds is 7. The van der Waals surface area contributed by atoms with Crippen LogP contribution < -0.4 is 4.90 Å². The van der Waals surface area contributed by atoms with Crippen LogP contribution in [0.2, 0.25) is 0 Å². The van der Waals surface area contributed by atoms with Gasteiger partial charge in [0.15, 0.2) is 0 Å². The minimum Gasteiger partial charge on any atom is -0.311 e. The highest BCUT2D eigenvalue weighted by molar-refractivity contribution is 5.76. The van der Waals surface area contributed by atoms with Gasteiger partial charge in [0.05, 0.1) is 0 Å². The summed E-state index contributed by atoms with van der Waals surface area (Å²) in [5.41, 5.74) is 4.98. The Morgan fingerprint density at radius 2 is 1.17 bits per heavy atom.